The smallest absolute Gasteiger partial charge is 0.308 e. The molecule has 0 aliphatic carbocycles. The molecule has 29 heavy (non-hydrogen) atoms. The van der Waals surface area contributed by atoms with Gasteiger partial charge in [0.2, 0.25) is 0 Å². The number of aryl methyl sites for hydroxylation is 1. The minimum Gasteiger partial charge on any atom is -0.308 e. The van der Waals surface area contributed by atoms with E-state index < -0.39 is 35.2 Å². The van der Waals surface area contributed by atoms with Crippen LogP contribution in [0.1, 0.15) is 27.6 Å². The van der Waals surface area contributed by atoms with Crippen LogP contribution in [0.3, 0.4) is 0 Å². The molecule has 0 spiro atoms. The van der Waals surface area contributed by atoms with E-state index in [4.69, 9.17) is 0 Å². The molecule has 1 N–H and O–H groups in total. The Morgan fingerprint density at radius 2 is 1.55 bits per heavy atom. The summed E-state index contributed by atoms with van der Waals surface area (Å²) < 4.78 is 78.0. The molecule has 3 rings (SSSR count). The second-order valence-electron chi connectivity index (χ2n) is 6.55. The van der Waals surface area contributed by atoms with Gasteiger partial charge in [0.05, 0.1) is 11.1 Å². The number of urea groups is 1. The first-order valence-corrected chi connectivity index (χ1v) is 9.55. The molecule has 0 saturated carbocycles. The Labute approximate surface area is 167 Å². The lowest BCUT2D eigenvalue weighted by atomic mass is 10.1. The van der Waals surface area contributed by atoms with Gasteiger partial charge in [-0.25, -0.2) is 4.79 Å². The van der Waals surface area contributed by atoms with Gasteiger partial charge in [0.15, 0.2) is 0 Å². The van der Waals surface area contributed by atoms with Gasteiger partial charge in [0, 0.05) is 18.0 Å². The number of alkyl halides is 6. The van der Waals surface area contributed by atoms with Crippen LogP contribution >= 0.6 is 11.8 Å². The molecule has 10 heteroatoms. The van der Waals surface area contributed by atoms with E-state index >= 15 is 0 Å². The van der Waals surface area contributed by atoms with Crippen molar-refractivity contribution in [3.05, 3.63) is 64.7 Å². The van der Waals surface area contributed by atoms with E-state index in [9.17, 15) is 31.1 Å². The molecule has 0 radical (unpaired) electrons. The summed E-state index contributed by atoms with van der Waals surface area (Å²) in [4.78, 5) is 14.0. The summed E-state index contributed by atoms with van der Waals surface area (Å²) in [6, 6.07) is 7.67. The Hall–Kier alpha value is -2.36. The fraction of sp³-hybridized carbons (Fsp3) is 0.316. The van der Waals surface area contributed by atoms with Crippen LogP contribution in [0, 0.1) is 6.92 Å². The van der Waals surface area contributed by atoms with Crippen molar-refractivity contribution < 1.29 is 31.1 Å². The topological polar surface area (TPSA) is 32.3 Å². The maximum atomic E-state index is 13.0. The summed E-state index contributed by atoms with van der Waals surface area (Å²) in [6.07, 6.45) is -9.96. The van der Waals surface area contributed by atoms with Gasteiger partial charge in [-0.1, -0.05) is 29.8 Å². The van der Waals surface area contributed by atoms with Crippen molar-refractivity contribution in [3.8, 4) is 0 Å². The summed E-state index contributed by atoms with van der Waals surface area (Å²) in [6.45, 7) is 2.22. The molecule has 1 unspecified atom stereocenters. The number of amides is 2. The number of rotatable bonds is 2. The molecule has 2 aromatic carbocycles. The third kappa shape index (κ3) is 4.98. The van der Waals surface area contributed by atoms with Crippen molar-refractivity contribution >= 4 is 23.5 Å². The summed E-state index contributed by atoms with van der Waals surface area (Å²) in [7, 11) is 0. The summed E-state index contributed by atoms with van der Waals surface area (Å²) in [5.74, 6) is 0.600. The number of nitrogens with zero attached hydrogens (tertiary/aromatic N) is 1. The van der Waals surface area contributed by atoms with E-state index in [1.54, 1.807) is 0 Å². The van der Waals surface area contributed by atoms with Crippen LogP contribution in [0.4, 0.5) is 36.8 Å². The van der Waals surface area contributed by atoms with Crippen molar-refractivity contribution in [2.24, 2.45) is 0 Å². The van der Waals surface area contributed by atoms with Crippen LogP contribution in [-0.4, -0.2) is 23.2 Å². The highest BCUT2D eigenvalue weighted by Crippen LogP contribution is 2.40. The van der Waals surface area contributed by atoms with Crippen molar-refractivity contribution in [1.82, 2.24) is 4.90 Å². The highest BCUT2D eigenvalue weighted by atomic mass is 32.2. The fourth-order valence-corrected chi connectivity index (χ4v) is 4.16. The predicted octanol–water partition coefficient (Wildman–Crippen LogP) is 6.31. The molecule has 1 aliphatic heterocycles. The van der Waals surface area contributed by atoms with Crippen LogP contribution in [0.25, 0.3) is 0 Å². The van der Waals surface area contributed by atoms with Crippen molar-refractivity contribution in [2.75, 3.05) is 17.6 Å². The number of hydrogen-bond acceptors (Lipinski definition) is 2. The number of thioether (sulfide) groups is 1. The maximum Gasteiger partial charge on any atom is 0.416 e. The predicted molar refractivity (Wildman–Crippen MR) is 98.5 cm³/mol. The zero-order valence-corrected chi connectivity index (χ0v) is 15.9. The largest absolute Gasteiger partial charge is 0.416 e. The lowest BCUT2D eigenvalue weighted by molar-refractivity contribution is -0.143. The molecule has 2 amide bonds. The molecule has 1 atom stereocenters. The molecular formula is C19H16F6N2OS. The molecular weight excluding hydrogens is 418 g/mol. The Morgan fingerprint density at radius 1 is 1.00 bits per heavy atom. The van der Waals surface area contributed by atoms with Crippen LogP contribution < -0.4 is 5.32 Å². The lowest BCUT2D eigenvalue weighted by Crippen LogP contribution is -2.34. The molecule has 1 aliphatic rings. The SMILES string of the molecule is Cc1ccc(C2SCCN2C(=O)Nc2cc(C(F)(F)F)cc(C(F)(F)F)c2)cc1. The number of nitrogens with one attached hydrogen (secondary N) is 1. The van der Waals surface area contributed by atoms with E-state index in [2.05, 4.69) is 5.32 Å². The highest BCUT2D eigenvalue weighted by Gasteiger charge is 2.37. The van der Waals surface area contributed by atoms with Gasteiger partial charge in [0.25, 0.3) is 0 Å². The first kappa shape index (κ1) is 21.4. The van der Waals surface area contributed by atoms with Crippen molar-refractivity contribution in [3.63, 3.8) is 0 Å². The van der Waals surface area contributed by atoms with E-state index in [0.717, 1.165) is 11.1 Å². The average molecular weight is 434 g/mol. The van der Waals surface area contributed by atoms with Crippen LogP contribution in [0.5, 0.6) is 0 Å². The van der Waals surface area contributed by atoms with Gasteiger partial charge >= 0.3 is 18.4 Å². The van der Waals surface area contributed by atoms with E-state index in [1.165, 1.54) is 16.7 Å². The molecule has 2 aromatic rings. The first-order chi connectivity index (χ1) is 13.4. The first-order valence-electron chi connectivity index (χ1n) is 8.50. The van der Waals surface area contributed by atoms with Gasteiger partial charge in [-0.2, -0.15) is 26.3 Å². The lowest BCUT2D eigenvalue weighted by Gasteiger charge is -2.25. The fourth-order valence-electron chi connectivity index (χ4n) is 2.91. The number of benzene rings is 2. The molecule has 156 valence electrons. The van der Waals surface area contributed by atoms with Gasteiger partial charge in [-0.15, -0.1) is 11.8 Å². The summed E-state index contributed by atoms with van der Waals surface area (Å²) in [5.41, 5.74) is -1.66. The molecule has 1 heterocycles. The number of halogens is 6. The summed E-state index contributed by atoms with van der Waals surface area (Å²) >= 11 is 1.47. The average Bonchev–Trinajstić information content (AvgIpc) is 3.10. The third-order valence-corrected chi connectivity index (χ3v) is 5.61. The van der Waals surface area contributed by atoms with Crippen LogP contribution in [0.2, 0.25) is 0 Å². The Bertz CT molecular complexity index is 863. The molecule has 3 nitrogen and oxygen atoms in total. The second-order valence-corrected chi connectivity index (χ2v) is 7.74. The molecule has 1 saturated heterocycles. The zero-order valence-electron chi connectivity index (χ0n) is 15.1. The third-order valence-electron chi connectivity index (χ3n) is 4.35. The van der Waals surface area contributed by atoms with E-state index in [-0.39, 0.29) is 11.4 Å². The maximum absolute atomic E-state index is 13.0. The molecule has 0 bridgehead atoms. The van der Waals surface area contributed by atoms with E-state index in [1.807, 2.05) is 31.2 Å². The Morgan fingerprint density at radius 3 is 2.07 bits per heavy atom. The minimum atomic E-state index is -4.98. The standard InChI is InChI=1S/C19H16F6N2OS/c1-11-2-4-12(5-3-11)16-27(6-7-29-16)17(28)26-15-9-13(18(20,21)22)8-14(10-15)19(23,24)25/h2-5,8-10,16H,6-7H2,1H3,(H,26,28). The van der Waals surface area contributed by atoms with Gasteiger partial charge in [-0.3, -0.25) is 0 Å². The van der Waals surface area contributed by atoms with Crippen molar-refractivity contribution in [2.45, 2.75) is 24.7 Å². The number of carbonyl (C=O) groups excluding carboxylic acids is 1. The number of carbonyl (C=O) groups is 1. The van der Waals surface area contributed by atoms with Crippen LogP contribution in [-0.2, 0) is 12.4 Å². The highest BCUT2D eigenvalue weighted by molar-refractivity contribution is 7.99. The number of anilines is 1. The van der Waals surface area contributed by atoms with Gasteiger partial charge in [0.1, 0.15) is 5.37 Å². The second kappa shape index (κ2) is 7.81. The molecule has 0 aromatic heterocycles. The van der Waals surface area contributed by atoms with E-state index in [0.29, 0.717) is 24.4 Å². The normalized spacial score (nSPS) is 17.5. The van der Waals surface area contributed by atoms with Crippen molar-refractivity contribution in [1.29, 1.82) is 0 Å². The summed E-state index contributed by atoms with van der Waals surface area (Å²) in [5, 5.41) is 1.82. The Balaban J connectivity index is 1.86. The molecule has 1 fully saturated rings. The zero-order chi connectivity index (χ0) is 21.4. The Kier molecular flexibility index (Phi) is 5.75. The van der Waals surface area contributed by atoms with Gasteiger partial charge in [-0.05, 0) is 30.7 Å². The minimum absolute atomic E-state index is 0.0243. The van der Waals surface area contributed by atoms with Crippen LogP contribution in [0.15, 0.2) is 42.5 Å². The monoisotopic (exact) mass is 434 g/mol. The quantitative estimate of drug-likeness (QED) is 0.562. The van der Waals surface area contributed by atoms with Gasteiger partial charge < -0.3 is 10.2 Å². The number of hydrogen-bond donors (Lipinski definition) is 1.